The molecular weight excluding hydrogens is 394 g/mol. The third kappa shape index (κ3) is 4.14. The molecule has 0 spiro atoms. The average molecular weight is 432 g/mol. The molecule has 3 heteroatoms. The van der Waals surface area contributed by atoms with Gasteiger partial charge in [0.2, 0.25) is 5.78 Å². The van der Waals surface area contributed by atoms with Crippen molar-refractivity contribution in [3.05, 3.63) is 71.5 Å². The van der Waals surface area contributed by atoms with Crippen LogP contribution < -0.4 is 5.32 Å². The maximum Gasteiger partial charge on any atom is 0.205 e. The summed E-state index contributed by atoms with van der Waals surface area (Å²) in [5, 5.41) is 3.25. The van der Waals surface area contributed by atoms with Crippen LogP contribution in [0, 0.1) is 22.7 Å². The zero-order valence-corrected chi connectivity index (χ0v) is 19.9. The first-order valence-electron chi connectivity index (χ1n) is 12.2. The number of carbonyl (C=O) groups is 2. The van der Waals surface area contributed by atoms with Crippen LogP contribution in [0.4, 0.5) is 0 Å². The third-order valence-electron chi connectivity index (χ3n) is 8.85. The van der Waals surface area contributed by atoms with Gasteiger partial charge in [-0.1, -0.05) is 63.3 Å². The standard InChI is InChI=1S/C29H37NO2/c1-20-9-8-12-26-28(20,3)15-13-21(2)29(26,4)19-23-17-24(31)18-25(27(23)32)30-16-14-22-10-6-5-7-11-22/h5-7,10-11,17-18,21,26,30H,1,8-9,12-16,19H2,2-4H3. The summed E-state index contributed by atoms with van der Waals surface area (Å²) >= 11 is 0. The zero-order valence-electron chi connectivity index (χ0n) is 19.9. The van der Waals surface area contributed by atoms with Crippen LogP contribution in [0.1, 0.15) is 64.9 Å². The Labute approximate surface area is 193 Å². The first kappa shape index (κ1) is 22.8. The molecule has 0 aromatic heterocycles. The number of nitrogens with one attached hydrogen (secondary N) is 1. The van der Waals surface area contributed by atoms with E-state index in [2.05, 4.69) is 44.8 Å². The Kier molecular flexibility index (Phi) is 6.29. The van der Waals surface area contributed by atoms with Crippen molar-refractivity contribution in [2.75, 3.05) is 6.54 Å². The number of ketones is 2. The molecular formula is C29H37NO2. The molecule has 4 unspecified atom stereocenters. The van der Waals surface area contributed by atoms with E-state index in [0.717, 1.165) is 19.3 Å². The number of fused-ring (bicyclic) bond motifs is 1. The average Bonchev–Trinajstić information content (AvgIpc) is 2.77. The van der Waals surface area contributed by atoms with Crippen LogP contribution in [0.15, 0.2) is 65.9 Å². The molecule has 3 aliphatic rings. The van der Waals surface area contributed by atoms with Crippen molar-refractivity contribution in [3.63, 3.8) is 0 Å². The molecule has 4 rings (SSSR count). The lowest BCUT2D eigenvalue weighted by Crippen LogP contribution is -2.50. The van der Waals surface area contributed by atoms with Gasteiger partial charge >= 0.3 is 0 Å². The second-order valence-corrected chi connectivity index (χ2v) is 10.7. The van der Waals surface area contributed by atoms with Gasteiger partial charge in [-0.05, 0) is 79.3 Å². The number of allylic oxidation sites excluding steroid dienone is 4. The second kappa shape index (κ2) is 8.84. The number of hydrogen-bond donors (Lipinski definition) is 1. The summed E-state index contributed by atoms with van der Waals surface area (Å²) in [6.07, 6.45) is 10.4. The molecule has 0 heterocycles. The summed E-state index contributed by atoms with van der Waals surface area (Å²) < 4.78 is 0. The molecule has 0 aliphatic heterocycles. The van der Waals surface area contributed by atoms with E-state index in [9.17, 15) is 9.59 Å². The minimum atomic E-state index is -0.0790. The van der Waals surface area contributed by atoms with Crippen LogP contribution in [-0.2, 0) is 16.0 Å². The lowest BCUT2D eigenvalue weighted by Gasteiger charge is -2.59. The highest BCUT2D eigenvalue weighted by Crippen LogP contribution is 2.63. The summed E-state index contributed by atoms with van der Waals surface area (Å²) in [4.78, 5) is 25.9. The van der Waals surface area contributed by atoms with Crippen molar-refractivity contribution in [3.8, 4) is 0 Å². The fraction of sp³-hybridized carbons (Fsp3) is 0.517. The molecule has 1 aromatic carbocycles. The van der Waals surface area contributed by atoms with E-state index < -0.39 is 0 Å². The van der Waals surface area contributed by atoms with Crippen LogP contribution in [0.2, 0.25) is 0 Å². The molecule has 1 N–H and O–H groups in total. The smallest absolute Gasteiger partial charge is 0.205 e. The number of carbonyl (C=O) groups excluding carboxylic acids is 2. The van der Waals surface area contributed by atoms with Crippen molar-refractivity contribution in [2.45, 2.75) is 65.7 Å². The molecule has 0 radical (unpaired) electrons. The Morgan fingerprint density at radius 3 is 2.59 bits per heavy atom. The highest BCUT2D eigenvalue weighted by atomic mass is 16.1. The summed E-state index contributed by atoms with van der Waals surface area (Å²) in [6.45, 7) is 12.2. The van der Waals surface area contributed by atoms with Gasteiger partial charge in [0.1, 0.15) is 0 Å². The van der Waals surface area contributed by atoms with Gasteiger partial charge in [0.05, 0.1) is 5.70 Å². The van der Waals surface area contributed by atoms with E-state index >= 15 is 0 Å². The number of Topliss-reactive ketones (excluding diaryl/α,β-unsaturated/α-hetero) is 1. The third-order valence-corrected chi connectivity index (χ3v) is 8.85. The maximum atomic E-state index is 13.4. The van der Waals surface area contributed by atoms with Crippen molar-refractivity contribution in [2.24, 2.45) is 22.7 Å². The maximum absolute atomic E-state index is 13.4. The van der Waals surface area contributed by atoms with E-state index in [-0.39, 0.29) is 22.4 Å². The second-order valence-electron chi connectivity index (χ2n) is 10.7. The minimum absolute atomic E-state index is 0.00648. The van der Waals surface area contributed by atoms with Crippen molar-refractivity contribution >= 4 is 11.6 Å². The normalized spacial score (nSPS) is 32.8. The van der Waals surface area contributed by atoms with Gasteiger partial charge in [-0.15, -0.1) is 0 Å². The predicted molar refractivity (Wildman–Crippen MR) is 130 cm³/mol. The van der Waals surface area contributed by atoms with Gasteiger partial charge in [-0.3, -0.25) is 9.59 Å². The fourth-order valence-electron chi connectivity index (χ4n) is 6.58. The number of benzene rings is 1. The minimum Gasteiger partial charge on any atom is -0.381 e. The van der Waals surface area contributed by atoms with Crippen LogP contribution in [0.5, 0.6) is 0 Å². The van der Waals surface area contributed by atoms with Crippen LogP contribution in [0.25, 0.3) is 0 Å². The summed E-state index contributed by atoms with van der Waals surface area (Å²) in [5.41, 5.74) is 3.86. The van der Waals surface area contributed by atoms with Gasteiger partial charge in [-0.25, -0.2) is 0 Å². The molecule has 32 heavy (non-hydrogen) atoms. The van der Waals surface area contributed by atoms with Gasteiger partial charge < -0.3 is 5.32 Å². The summed E-state index contributed by atoms with van der Waals surface area (Å²) in [5.74, 6) is 0.928. The van der Waals surface area contributed by atoms with Gasteiger partial charge in [-0.2, -0.15) is 0 Å². The SMILES string of the molecule is C=C1CCCC2C1(C)CCC(C)C2(C)CC1=CC(=O)C=C(NCCc2ccccc2)C1=O. The van der Waals surface area contributed by atoms with Gasteiger partial charge in [0.25, 0.3) is 0 Å². The van der Waals surface area contributed by atoms with Crippen LogP contribution in [0.3, 0.4) is 0 Å². The van der Waals surface area contributed by atoms with Gasteiger partial charge in [0, 0.05) is 18.2 Å². The highest BCUT2D eigenvalue weighted by molar-refractivity contribution is 6.20. The van der Waals surface area contributed by atoms with Crippen molar-refractivity contribution < 1.29 is 9.59 Å². The molecule has 3 aliphatic carbocycles. The molecule has 170 valence electrons. The van der Waals surface area contributed by atoms with E-state index in [1.54, 1.807) is 6.08 Å². The molecule has 2 saturated carbocycles. The topological polar surface area (TPSA) is 46.2 Å². The first-order valence-corrected chi connectivity index (χ1v) is 12.2. The molecule has 4 atom stereocenters. The van der Waals surface area contributed by atoms with E-state index in [0.29, 0.717) is 36.1 Å². The molecule has 0 saturated heterocycles. The molecule has 1 aromatic rings. The molecule has 0 bridgehead atoms. The fourth-order valence-corrected chi connectivity index (χ4v) is 6.58. The Bertz CT molecular complexity index is 972. The Hall–Kier alpha value is -2.42. The van der Waals surface area contributed by atoms with Crippen molar-refractivity contribution in [1.29, 1.82) is 0 Å². The number of rotatable bonds is 6. The summed E-state index contributed by atoms with van der Waals surface area (Å²) in [6, 6.07) is 10.2. The molecule has 0 amide bonds. The lowest BCUT2D eigenvalue weighted by molar-refractivity contribution is -0.116. The quantitative estimate of drug-likeness (QED) is 0.446. The first-order chi connectivity index (χ1) is 15.2. The Morgan fingerprint density at radius 2 is 1.84 bits per heavy atom. The van der Waals surface area contributed by atoms with E-state index in [1.807, 2.05) is 18.2 Å². The predicted octanol–water partition coefficient (Wildman–Crippen LogP) is 5.97. The number of hydrogen-bond acceptors (Lipinski definition) is 3. The van der Waals surface area contributed by atoms with E-state index in [4.69, 9.17) is 0 Å². The highest BCUT2D eigenvalue weighted by Gasteiger charge is 2.54. The molecule has 3 nitrogen and oxygen atoms in total. The van der Waals surface area contributed by atoms with Crippen LogP contribution >= 0.6 is 0 Å². The van der Waals surface area contributed by atoms with Crippen LogP contribution in [-0.4, -0.2) is 18.1 Å². The van der Waals surface area contributed by atoms with Crippen molar-refractivity contribution in [1.82, 2.24) is 5.32 Å². The largest absolute Gasteiger partial charge is 0.381 e. The zero-order chi connectivity index (χ0) is 22.9. The Balaban J connectivity index is 1.49. The Morgan fingerprint density at radius 1 is 1.09 bits per heavy atom. The molecule has 2 fully saturated rings. The van der Waals surface area contributed by atoms with E-state index in [1.165, 1.54) is 36.5 Å². The monoisotopic (exact) mass is 431 g/mol. The lowest BCUT2D eigenvalue weighted by atomic mass is 9.46. The van der Waals surface area contributed by atoms with Gasteiger partial charge in [0.15, 0.2) is 5.78 Å². The summed E-state index contributed by atoms with van der Waals surface area (Å²) in [7, 11) is 0.